The van der Waals surface area contributed by atoms with Crippen LogP contribution in [0.1, 0.15) is 30.4 Å². The average molecular weight is 265 g/mol. The minimum atomic E-state index is 0.135. The van der Waals surface area contributed by atoms with Crippen LogP contribution in [0.2, 0.25) is 0 Å². The molecule has 3 heteroatoms. The van der Waals surface area contributed by atoms with Crippen LogP contribution in [0.3, 0.4) is 0 Å². The van der Waals surface area contributed by atoms with E-state index in [4.69, 9.17) is 5.11 Å². The molecule has 1 unspecified atom stereocenters. The molecule has 1 atom stereocenters. The monoisotopic (exact) mass is 265 g/mol. The molecular formula is C15H23NOS. The van der Waals surface area contributed by atoms with Crippen LogP contribution in [0.15, 0.2) is 18.2 Å². The fourth-order valence-corrected chi connectivity index (χ4v) is 3.46. The van der Waals surface area contributed by atoms with Crippen LogP contribution in [0.5, 0.6) is 0 Å². The Labute approximate surface area is 114 Å². The molecule has 0 radical (unpaired) electrons. The quantitative estimate of drug-likeness (QED) is 0.908. The van der Waals surface area contributed by atoms with Gasteiger partial charge in [-0.25, -0.2) is 0 Å². The maximum atomic E-state index is 9.16. The van der Waals surface area contributed by atoms with Crippen LogP contribution in [0, 0.1) is 6.92 Å². The van der Waals surface area contributed by atoms with E-state index >= 15 is 0 Å². The molecule has 0 amide bonds. The standard InChI is InChI=1S/C15H23NOS/c1-12-10-13(11-17)5-6-15(12)16-8-3-4-14(18-2)7-9-16/h5-6,10,14,17H,3-4,7-9,11H2,1-2H3. The van der Waals surface area contributed by atoms with Gasteiger partial charge in [-0.15, -0.1) is 0 Å². The minimum Gasteiger partial charge on any atom is -0.392 e. The first-order valence-electron chi connectivity index (χ1n) is 6.72. The molecule has 0 aliphatic carbocycles. The molecular weight excluding hydrogens is 242 g/mol. The minimum absolute atomic E-state index is 0.135. The third-order valence-electron chi connectivity index (χ3n) is 3.79. The summed E-state index contributed by atoms with van der Waals surface area (Å²) in [4.78, 5) is 2.51. The lowest BCUT2D eigenvalue weighted by atomic mass is 10.1. The van der Waals surface area contributed by atoms with Crippen LogP contribution in [-0.4, -0.2) is 29.7 Å². The highest BCUT2D eigenvalue weighted by molar-refractivity contribution is 7.99. The first kappa shape index (κ1) is 13.8. The van der Waals surface area contributed by atoms with Crippen molar-refractivity contribution in [2.45, 2.75) is 38.0 Å². The summed E-state index contributed by atoms with van der Waals surface area (Å²) in [6, 6.07) is 6.31. The molecule has 1 aliphatic rings. The lowest BCUT2D eigenvalue weighted by Crippen LogP contribution is -2.25. The molecule has 0 aromatic heterocycles. The van der Waals surface area contributed by atoms with Crippen molar-refractivity contribution < 1.29 is 5.11 Å². The maximum Gasteiger partial charge on any atom is 0.0681 e. The van der Waals surface area contributed by atoms with Crippen molar-refractivity contribution in [1.82, 2.24) is 0 Å². The van der Waals surface area contributed by atoms with E-state index in [0.29, 0.717) is 0 Å². The second-order valence-electron chi connectivity index (χ2n) is 5.05. The summed E-state index contributed by atoms with van der Waals surface area (Å²) >= 11 is 2.01. The molecule has 0 spiro atoms. The van der Waals surface area contributed by atoms with Crippen molar-refractivity contribution in [2.24, 2.45) is 0 Å². The Morgan fingerprint density at radius 3 is 2.83 bits per heavy atom. The van der Waals surface area contributed by atoms with Crippen molar-refractivity contribution in [2.75, 3.05) is 24.2 Å². The van der Waals surface area contributed by atoms with Gasteiger partial charge in [0.2, 0.25) is 0 Å². The summed E-state index contributed by atoms with van der Waals surface area (Å²) in [7, 11) is 0. The Bertz CT molecular complexity index is 394. The molecule has 1 aromatic rings. The first-order valence-corrected chi connectivity index (χ1v) is 8.01. The van der Waals surface area contributed by atoms with E-state index in [-0.39, 0.29) is 6.61 Å². The van der Waals surface area contributed by atoms with Gasteiger partial charge >= 0.3 is 0 Å². The van der Waals surface area contributed by atoms with Gasteiger partial charge < -0.3 is 10.0 Å². The van der Waals surface area contributed by atoms with Crippen molar-refractivity contribution in [3.05, 3.63) is 29.3 Å². The van der Waals surface area contributed by atoms with Crippen LogP contribution >= 0.6 is 11.8 Å². The number of rotatable bonds is 3. The molecule has 1 heterocycles. The summed E-state index contributed by atoms with van der Waals surface area (Å²) in [5, 5.41) is 9.98. The number of hydrogen-bond acceptors (Lipinski definition) is 3. The van der Waals surface area contributed by atoms with Crippen molar-refractivity contribution in [3.63, 3.8) is 0 Å². The highest BCUT2D eigenvalue weighted by Gasteiger charge is 2.17. The smallest absolute Gasteiger partial charge is 0.0681 e. The molecule has 1 N–H and O–H groups in total. The molecule has 1 aromatic carbocycles. The summed E-state index contributed by atoms with van der Waals surface area (Å²) in [6.45, 7) is 4.60. The second kappa shape index (κ2) is 6.48. The molecule has 0 bridgehead atoms. The van der Waals surface area contributed by atoms with Crippen molar-refractivity contribution in [1.29, 1.82) is 0 Å². The Morgan fingerprint density at radius 1 is 1.33 bits per heavy atom. The summed E-state index contributed by atoms with van der Waals surface area (Å²) < 4.78 is 0. The van der Waals surface area contributed by atoms with Gasteiger partial charge in [-0.1, -0.05) is 12.1 Å². The van der Waals surface area contributed by atoms with Gasteiger partial charge in [-0.2, -0.15) is 11.8 Å². The first-order chi connectivity index (χ1) is 8.74. The van der Waals surface area contributed by atoms with Crippen LogP contribution < -0.4 is 4.90 Å². The number of benzene rings is 1. The number of nitrogens with zero attached hydrogens (tertiary/aromatic N) is 1. The Kier molecular flexibility index (Phi) is 4.95. The van der Waals surface area contributed by atoms with E-state index < -0.39 is 0 Å². The zero-order valence-corrected chi connectivity index (χ0v) is 12.2. The molecule has 100 valence electrons. The fraction of sp³-hybridized carbons (Fsp3) is 0.600. The number of hydrogen-bond donors (Lipinski definition) is 1. The molecule has 1 saturated heterocycles. The predicted octanol–water partition coefficient (Wildman–Crippen LogP) is 3.21. The van der Waals surface area contributed by atoms with E-state index in [1.807, 2.05) is 17.8 Å². The molecule has 2 rings (SSSR count). The van der Waals surface area contributed by atoms with Gasteiger partial charge in [0.1, 0.15) is 0 Å². The lowest BCUT2D eigenvalue weighted by molar-refractivity contribution is 0.282. The van der Waals surface area contributed by atoms with Crippen molar-refractivity contribution in [3.8, 4) is 0 Å². The summed E-state index contributed by atoms with van der Waals surface area (Å²) in [5.74, 6) is 0. The maximum absolute atomic E-state index is 9.16. The van der Waals surface area contributed by atoms with Crippen molar-refractivity contribution >= 4 is 17.4 Å². The van der Waals surface area contributed by atoms with Gasteiger partial charge in [0.05, 0.1) is 6.61 Å². The van der Waals surface area contributed by atoms with Gasteiger partial charge in [-0.05, 0) is 49.6 Å². The lowest BCUT2D eigenvalue weighted by Gasteiger charge is -2.25. The third-order valence-corrected chi connectivity index (χ3v) is 4.93. The topological polar surface area (TPSA) is 23.5 Å². The highest BCUT2D eigenvalue weighted by Crippen LogP contribution is 2.27. The van der Waals surface area contributed by atoms with Gasteiger partial charge in [0.25, 0.3) is 0 Å². The van der Waals surface area contributed by atoms with Crippen LogP contribution in [-0.2, 0) is 6.61 Å². The second-order valence-corrected chi connectivity index (χ2v) is 6.19. The number of aliphatic hydroxyl groups excluding tert-OH is 1. The van der Waals surface area contributed by atoms with Gasteiger partial charge in [-0.3, -0.25) is 0 Å². The number of aryl methyl sites for hydroxylation is 1. The largest absolute Gasteiger partial charge is 0.392 e. The van der Waals surface area contributed by atoms with E-state index in [2.05, 4.69) is 30.2 Å². The Balaban J connectivity index is 2.11. The van der Waals surface area contributed by atoms with Gasteiger partial charge in [0.15, 0.2) is 0 Å². The molecule has 18 heavy (non-hydrogen) atoms. The average Bonchev–Trinajstić information content (AvgIpc) is 2.63. The fourth-order valence-electron chi connectivity index (χ4n) is 2.71. The number of anilines is 1. The molecule has 0 saturated carbocycles. The van der Waals surface area contributed by atoms with Crippen LogP contribution in [0.25, 0.3) is 0 Å². The number of thioether (sulfide) groups is 1. The third kappa shape index (κ3) is 3.21. The molecule has 1 aliphatic heterocycles. The Morgan fingerprint density at radius 2 is 2.17 bits per heavy atom. The summed E-state index contributed by atoms with van der Waals surface area (Å²) in [6.07, 6.45) is 6.13. The van der Waals surface area contributed by atoms with E-state index in [1.165, 1.54) is 30.5 Å². The highest BCUT2D eigenvalue weighted by atomic mass is 32.2. The molecule has 1 fully saturated rings. The van der Waals surface area contributed by atoms with E-state index in [1.54, 1.807) is 0 Å². The van der Waals surface area contributed by atoms with Crippen LogP contribution in [0.4, 0.5) is 5.69 Å². The zero-order chi connectivity index (χ0) is 13.0. The van der Waals surface area contributed by atoms with E-state index in [0.717, 1.165) is 23.9 Å². The SMILES string of the molecule is CSC1CCCN(c2ccc(CO)cc2C)CC1. The zero-order valence-electron chi connectivity index (χ0n) is 11.4. The number of aliphatic hydroxyl groups is 1. The predicted molar refractivity (Wildman–Crippen MR) is 80.5 cm³/mol. The normalized spacial score (nSPS) is 20.8. The van der Waals surface area contributed by atoms with Gasteiger partial charge in [0, 0.05) is 24.0 Å². The Hall–Kier alpha value is -0.670. The van der Waals surface area contributed by atoms with E-state index in [9.17, 15) is 0 Å². The summed E-state index contributed by atoms with van der Waals surface area (Å²) in [5.41, 5.74) is 3.63. The molecule has 2 nitrogen and oxygen atoms in total.